The number of aromatic hydroxyl groups is 1. The van der Waals surface area contributed by atoms with Crippen molar-refractivity contribution in [1.29, 1.82) is 0 Å². The third-order valence-corrected chi connectivity index (χ3v) is 2.70. The van der Waals surface area contributed by atoms with Gasteiger partial charge in [-0.1, -0.05) is 30.3 Å². The third kappa shape index (κ3) is 2.88. The molecule has 0 aliphatic carbocycles. The quantitative estimate of drug-likeness (QED) is 0.897. The van der Waals surface area contributed by atoms with Gasteiger partial charge in [0, 0.05) is 19.2 Å². The fourth-order valence-corrected chi connectivity index (χ4v) is 1.80. The molecule has 0 unspecified atom stereocenters. The molecule has 18 heavy (non-hydrogen) atoms. The highest BCUT2D eigenvalue weighted by Crippen LogP contribution is 2.13. The van der Waals surface area contributed by atoms with Gasteiger partial charge in [0.05, 0.1) is 0 Å². The standard InChI is InChI=1S/C15H15NO2/c1-16(11-12-6-5-9-14(17)10-12)15(18)13-7-3-2-4-8-13/h2-10,17H,11H2,1H3. The average Bonchev–Trinajstić information content (AvgIpc) is 2.39. The minimum atomic E-state index is -0.0288. The highest BCUT2D eigenvalue weighted by Gasteiger charge is 2.11. The van der Waals surface area contributed by atoms with Gasteiger partial charge in [-0.25, -0.2) is 0 Å². The van der Waals surface area contributed by atoms with Crippen molar-refractivity contribution >= 4 is 5.91 Å². The van der Waals surface area contributed by atoms with E-state index in [1.165, 1.54) is 0 Å². The molecule has 0 saturated heterocycles. The number of carbonyl (C=O) groups is 1. The molecule has 0 aliphatic heterocycles. The molecule has 92 valence electrons. The van der Waals surface area contributed by atoms with Crippen LogP contribution in [-0.4, -0.2) is 23.0 Å². The van der Waals surface area contributed by atoms with Gasteiger partial charge in [-0.15, -0.1) is 0 Å². The zero-order chi connectivity index (χ0) is 13.0. The van der Waals surface area contributed by atoms with E-state index in [0.29, 0.717) is 12.1 Å². The van der Waals surface area contributed by atoms with E-state index in [1.807, 2.05) is 24.3 Å². The van der Waals surface area contributed by atoms with Gasteiger partial charge in [-0.3, -0.25) is 4.79 Å². The first-order valence-corrected chi connectivity index (χ1v) is 5.75. The third-order valence-electron chi connectivity index (χ3n) is 2.70. The number of hydrogen-bond acceptors (Lipinski definition) is 2. The van der Waals surface area contributed by atoms with E-state index < -0.39 is 0 Å². The normalized spacial score (nSPS) is 10.1. The van der Waals surface area contributed by atoms with Crippen molar-refractivity contribution in [2.45, 2.75) is 6.54 Å². The summed E-state index contributed by atoms with van der Waals surface area (Å²) < 4.78 is 0. The van der Waals surface area contributed by atoms with Gasteiger partial charge in [0.25, 0.3) is 5.91 Å². The van der Waals surface area contributed by atoms with E-state index in [4.69, 9.17) is 0 Å². The van der Waals surface area contributed by atoms with Crippen LogP contribution < -0.4 is 0 Å². The Kier molecular flexibility index (Phi) is 3.63. The van der Waals surface area contributed by atoms with E-state index in [-0.39, 0.29) is 11.7 Å². The van der Waals surface area contributed by atoms with E-state index in [9.17, 15) is 9.90 Å². The number of benzene rings is 2. The Hall–Kier alpha value is -2.29. The molecular formula is C15H15NO2. The number of phenolic OH excluding ortho intramolecular Hbond substituents is 1. The first-order chi connectivity index (χ1) is 8.66. The lowest BCUT2D eigenvalue weighted by atomic mass is 10.1. The van der Waals surface area contributed by atoms with Gasteiger partial charge in [0.2, 0.25) is 0 Å². The fraction of sp³-hybridized carbons (Fsp3) is 0.133. The predicted molar refractivity (Wildman–Crippen MR) is 70.3 cm³/mol. The van der Waals surface area contributed by atoms with Crippen LogP contribution in [0.4, 0.5) is 0 Å². The summed E-state index contributed by atoms with van der Waals surface area (Å²) in [7, 11) is 1.75. The Morgan fingerprint density at radius 1 is 1.11 bits per heavy atom. The molecule has 0 spiro atoms. The second-order valence-electron chi connectivity index (χ2n) is 4.20. The minimum absolute atomic E-state index is 0.0288. The van der Waals surface area contributed by atoms with Crippen LogP contribution in [0.3, 0.4) is 0 Å². The van der Waals surface area contributed by atoms with Gasteiger partial charge < -0.3 is 10.0 Å². The molecule has 2 aromatic rings. The molecule has 0 heterocycles. The van der Waals surface area contributed by atoms with Crippen molar-refractivity contribution in [1.82, 2.24) is 4.90 Å². The van der Waals surface area contributed by atoms with Crippen molar-refractivity contribution < 1.29 is 9.90 Å². The summed E-state index contributed by atoms with van der Waals surface area (Å²) in [5.74, 6) is 0.187. The Labute approximate surface area is 106 Å². The summed E-state index contributed by atoms with van der Waals surface area (Å²) >= 11 is 0. The van der Waals surface area contributed by atoms with Gasteiger partial charge >= 0.3 is 0 Å². The van der Waals surface area contributed by atoms with E-state index in [1.54, 1.807) is 42.3 Å². The van der Waals surface area contributed by atoms with Crippen molar-refractivity contribution in [2.24, 2.45) is 0 Å². The fourth-order valence-electron chi connectivity index (χ4n) is 1.80. The molecule has 0 aromatic heterocycles. The number of carbonyl (C=O) groups excluding carboxylic acids is 1. The van der Waals surface area contributed by atoms with Gasteiger partial charge in [-0.2, -0.15) is 0 Å². The summed E-state index contributed by atoms with van der Waals surface area (Å²) in [6, 6.07) is 16.1. The lowest BCUT2D eigenvalue weighted by Gasteiger charge is -2.17. The van der Waals surface area contributed by atoms with Crippen molar-refractivity contribution in [2.75, 3.05) is 7.05 Å². The smallest absolute Gasteiger partial charge is 0.253 e. The maximum absolute atomic E-state index is 12.1. The zero-order valence-corrected chi connectivity index (χ0v) is 10.2. The summed E-state index contributed by atoms with van der Waals surface area (Å²) in [5, 5.41) is 9.38. The number of rotatable bonds is 3. The molecule has 0 fully saturated rings. The Morgan fingerprint density at radius 3 is 2.50 bits per heavy atom. The number of nitrogens with zero attached hydrogens (tertiary/aromatic N) is 1. The molecule has 2 aromatic carbocycles. The topological polar surface area (TPSA) is 40.5 Å². The predicted octanol–water partition coefficient (Wildman–Crippen LogP) is 2.66. The molecule has 3 nitrogen and oxygen atoms in total. The van der Waals surface area contributed by atoms with Crippen LogP contribution in [0.2, 0.25) is 0 Å². The van der Waals surface area contributed by atoms with E-state index in [2.05, 4.69) is 0 Å². The first-order valence-electron chi connectivity index (χ1n) is 5.75. The molecule has 0 radical (unpaired) electrons. The summed E-state index contributed by atoms with van der Waals surface area (Å²) in [4.78, 5) is 13.7. The van der Waals surface area contributed by atoms with E-state index >= 15 is 0 Å². The monoisotopic (exact) mass is 241 g/mol. The van der Waals surface area contributed by atoms with Crippen LogP contribution in [0.5, 0.6) is 5.75 Å². The SMILES string of the molecule is CN(Cc1cccc(O)c1)C(=O)c1ccccc1. The van der Waals surface area contributed by atoms with Crippen LogP contribution >= 0.6 is 0 Å². The molecule has 1 N–H and O–H groups in total. The Balaban J connectivity index is 2.09. The van der Waals surface area contributed by atoms with Crippen molar-refractivity contribution in [3.63, 3.8) is 0 Å². The number of amides is 1. The lowest BCUT2D eigenvalue weighted by Crippen LogP contribution is -2.26. The lowest BCUT2D eigenvalue weighted by molar-refractivity contribution is 0.0785. The van der Waals surface area contributed by atoms with Crippen LogP contribution in [0, 0.1) is 0 Å². The summed E-state index contributed by atoms with van der Waals surface area (Å²) in [6.45, 7) is 0.474. The summed E-state index contributed by atoms with van der Waals surface area (Å²) in [6.07, 6.45) is 0. The molecule has 1 amide bonds. The largest absolute Gasteiger partial charge is 0.508 e. The highest BCUT2D eigenvalue weighted by atomic mass is 16.3. The molecule has 0 saturated carbocycles. The zero-order valence-electron chi connectivity index (χ0n) is 10.2. The van der Waals surface area contributed by atoms with Gasteiger partial charge in [0.1, 0.15) is 5.75 Å². The molecule has 0 atom stereocenters. The Bertz CT molecular complexity index is 537. The van der Waals surface area contributed by atoms with Crippen molar-refractivity contribution in [3.8, 4) is 5.75 Å². The van der Waals surface area contributed by atoms with Crippen LogP contribution in [0.25, 0.3) is 0 Å². The second-order valence-corrected chi connectivity index (χ2v) is 4.20. The average molecular weight is 241 g/mol. The second kappa shape index (κ2) is 5.36. The molecule has 3 heteroatoms. The van der Waals surface area contributed by atoms with Gasteiger partial charge in [-0.05, 0) is 29.8 Å². The van der Waals surface area contributed by atoms with Gasteiger partial charge in [0.15, 0.2) is 0 Å². The van der Waals surface area contributed by atoms with Crippen LogP contribution in [0.1, 0.15) is 15.9 Å². The molecular weight excluding hydrogens is 226 g/mol. The molecule has 0 bridgehead atoms. The van der Waals surface area contributed by atoms with Crippen LogP contribution in [0.15, 0.2) is 54.6 Å². The number of phenols is 1. The molecule has 0 aliphatic rings. The van der Waals surface area contributed by atoms with E-state index in [0.717, 1.165) is 5.56 Å². The summed E-state index contributed by atoms with van der Waals surface area (Å²) in [5.41, 5.74) is 1.57. The number of hydrogen-bond donors (Lipinski definition) is 1. The minimum Gasteiger partial charge on any atom is -0.508 e. The maximum atomic E-state index is 12.1. The first kappa shape index (κ1) is 12.2. The highest BCUT2D eigenvalue weighted by molar-refractivity contribution is 5.93. The van der Waals surface area contributed by atoms with Crippen molar-refractivity contribution in [3.05, 3.63) is 65.7 Å². The molecule has 2 rings (SSSR count). The Morgan fingerprint density at radius 2 is 1.83 bits per heavy atom. The maximum Gasteiger partial charge on any atom is 0.253 e. The van der Waals surface area contributed by atoms with Crippen LogP contribution in [-0.2, 0) is 6.54 Å².